The van der Waals surface area contributed by atoms with Gasteiger partial charge in [-0.15, -0.1) is 0 Å². The number of halogens is 2. The van der Waals surface area contributed by atoms with Gasteiger partial charge in [-0.3, -0.25) is 4.79 Å². The fourth-order valence-electron chi connectivity index (χ4n) is 4.48. The van der Waals surface area contributed by atoms with Crippen LogP contribution in [0.1, 0.15) is 53.7 Å². The third kappa shape index (κ3) is 3.31. The van der Waals surface area contributed by atoms with Crippen molar-refractivity contribution in [3.8, 4) is 0 Å². The first-order valence-corrected chi connectivity index (χ1v) is 10.6. The number of carbonyl (C=O) groups is 1. The molecule has 3 atom stereocenters. The lowest BCUT2D eigenvalue weighted by atomic mass is 9.76. The maximum atomic E-state index is 12.8. The van der Waals surface area contributed by atoms with Gasteiger partial charge in [-0.25, -0.2) is 0 Å². The van der Waals surface area contributed by atoms with E-state index in [1.165, 1.54) is 5.56 Å². The average molecular weight is 415 g/mol. The van der Waals surface area contributed by atoms with Crippen LogP contribution in [0.15, 0.2) is 48.6 Å². The normalized spacial score (nSPS) is 22.4. The predicted molar refractivity (Wildman–Crippen MR) is 117 cm³/mol. The van der Waals surface area contributed by atoms with Crippen LogP contribution in [-0.4, -0.2) is 23.9 Å². The molecular formula is C23H24Cl2N2O. The first-order chi connectivity index (χ1) is 13.5. The van der Waals surface area contributed by atoms with Crippen molar-refractivity contribution in [3.63, 3.8) is 0 Å². The Kier molecular flexibility index (Phi) is 5.39. The topological polar surface area (TPSA) is 32.3 Å². The second-order valence-corrected chi connectivity index (χ2v) is 8.26. The molecule has 5 heteroatoms. The molecular weight excluding hydrogens is 391 g/mol. The Balaban J connectivity index is 1.72. The number of carbonyl (C=O) groups excluding carboxylic acids is 1. The lowest BCUT2D eigenvalue weighted by molar-refractivity contribution is 0.0773. The first kappa shape index (κ1) is 19.4. The summed E-state index contributed by atoms with van der Waals surface area (Å²) in [5, 5.41) is 5.01. The van der Waals surface area contributed by atoms with Crippen LogP contribution in [-0.2, 0) is 0 Å². The highest BCUT2D eigenvalue weighted by atomic mass is 35.5. The molecule has 1 heterocycles. The van der Waals surface area contributed by atoms with Crippen LogP contribution in [0.4, 0.5) is 5.69 Å². The quantitative estimate of drug-likeness (QED) is 0.594. The number of hydrogen-bond acceptors (Lipinski definition) is 2. The number of hydrogen-bond donors (Lipinski definition) is 1. The Morgan fingerprint density at radius 3 is 2.61 bits per heavy atom. The molecule has 146 valence electrons. The Morgan fingerprint density at radius 2 is 1.89 bits per heavy atom. The van der Waals surface area contributed by atoms with Crippen molar-refractivity contribution < 1.29 is 4.79 Å². The Hall–Kier alpha value is -1.97. The van der Waals surface area contributed by atoms with Gasteiger partial charge in [-0.05, 0) is 67.6 Å². The molecule has 1 aliphatic carbocycles. The Labute approximate surface area is 176 Å². The smallest absolute Gasteiger partial charge is 0.253 e. The summed E-state index contributed by atoms with van der Waals surface area (Å²) in [6.45, 7) is 5.46. The van der Waals surface area contributed by atoms with Crippen molar-refractivity contribution >= 4 is 34.8 Å². The minimum absolute atomic E-state index is 0.0918. The number of nitrogens with zero attached hydrogens (tertiary/aromatic N) is 1. The monoisotopic (exact) mass is 414 g/mol. The molecule has 0 saturated heterocycles. The van der Waals surface area contributed by atoms with Gasteiger partial charge in [0.1, 0.15) is 0 Å². The molecule has 0 radical (unpaired) electrons. The summed E-state index contributed by atoms with van der Waals surface area (Å²) < 4.78 is 0. The van der Waals surface area contributed by atoms with Crippen LogP contribution in [0.5, 0.6) is 0 Å². The van der Waals surface area contributed by atoms with Gasteiger partial charge in [0.05, 0.1) is 6.04 Å². The second kappa shape index (κ2) is 7.81. The minimum atomic E-state index is 0.0918. The molecule has 3 nitrogen and oxygen atoms in total. The van der Waals surface area contributed by atoms with Gasteiger partial charge in [0, 0.05) is 40.3 Å². The molecule has 4 rings (SSSR count). The first-order valence-electron chi connectivity index (χ1n) is 9.84. The fourth-order valence-corrected chi connectivity index (χ4v) is 5.01. The van der Waals surface area contributed by atoms with Gasteiger partial charge < -0.3 is 10.2 Å². The van der Waals surface area contributed by atoms with E-state index >= 15 is 0 Å². The number of fused-ring (bicyclic) bond motifs is 3. The lowest BCUT2D eigenvalue weighted by Gasteiger charge is -2.38. The van der Waals surface area contributed by atoms with Crippen LogP contribution in [0, 0.1) is 5.92 Å². The van der Waals surface area contributed by atoms with Gasteiger partial charge in [-0.2, -0.15) is 0 Å². The molecule has 28 heavy (non-hydrogen) atoms. The summed E-state index contributed by atoms with van der Waals surface area (Å²) in [4.78, 5) is 14.7. The summed E-state index contributed by atoms with van der Waals surface area (Å²) in [5.74, 6) is 0.733. The van der Waals surface area contributed by atoms with E-state index in [0.29, 0.717) is 29.1 Å². The summed E-state index contributed by atoms with van der Waals surface area (Å²) >= 11 is 12.6. The van der Waals surface area contributed by atoms with Crippen molar-refractivity contribution in [2.24, 2.45) is 5.92 Å². The van der Waals surface area contributed by atoms with Crippen LogP contribution < -0.4 is 5.32 Å². The van der Waals surface area contributed by atoms with Crippen LogP contribution in [0.2, 0.25) is 10.0 Å². The molecule has 0 saturated carbocycles. The van der Waals surface area contributed by atoms with Crippen molar-refractivity contribution in [3.05, 3.63) is 75.3 Å². The van der Waals surface area contributed by atoms with E-state index < -0.39 is 0 Å². The van der Waals surface area contributed by atoms with E-state index in [4.69, 9.17) is 23.2 Å². The molecule has 0 bridgehead atoms. The minimum Gasteiger partial charge on any atom is -0.378 e. The molecule has 0 aromatic heterocycles. The van der Waals surface area contributed by atoms with Gasteiger partial charge >= 0.3 is 0 Å². The zero-order valence-electron chi connectivity index (χ0n) is 16.1. The highest BCUT2D eigenvalue weighted by Crippen LogP contribution is 2.51. The van der Waals surface area contributed by atoms with Crippen LogP contribution in [0.25, 0.3) is 0 Å². The average Bonchev–Trinajstić information content (AvgIpc) is 3.18. The standard InChI is InChI=1S/C23H24Cl2N2O/c1-3-27(4-2)23(28)14-8-11-21-19(12-14)16-6-5-7-17(16)22(26-21)18-10-9-15(24)13-20(18)25/h5-6,8-13,16-17,22,26H,3-4,7H2,1-2H3/t16-,17-,22-/m0/s1. The Morgan fingerprint density at radius 1 is 1.11 bits per heavy atom. The highest BCUT2D eigenvalue weighted by Gasteiger charge is 2.39. The van der Waals surface area contributed by atoms with E-state index in [-0.39, 0.29) is 17.9 Å². The maximum absolute atomic E-state index is 12.8. The van der Waals surface area contributed by atoms with E-state index in [2.05, 4.69) is 23.5 Å². The van der Waals surface area contributed by atoms with E-state index in [9.17, 15) is 4.79 Å². The molecule has 2 aliphatic rings. The third-order valence-electron chi connectivity index (χ3n) is 5.96. The van der Waals surface area contributed by atoms with E-state index in [1.807, 2.05) is 43.0 Å². The molecule has 0 fully saturated rings. The molecule has 2 aromatic carbocycles. The van der Waals surface area contributed by atoms with E-state index in [1.54, 1.807) is 6.07 Å². The Bertz CT molecular complexity index is 936. The third-order valence-corrected chi connectivity index (χ3v) is 6.52. The van der Waals surface area contributed by atoms with Crippen LogP contribution in [0.3, 0.4) is 0 Å². The number of anilines is 1. The number of allylic oxidation sites excluding steroid dienone is 2. The summed E-state index contributed by atoms with van der Waals surface area (Å²) in [7, 11) is 0. The van der Waals surface area contributed by atoms with Crippen molar-refractivity contribution in [2.45, 2.75) is 32.2 Å². The molecule has 1 N–H and O–H groups in total. The highest BCUT2D eigenvalue weighted by molar-refractivity contribution is 6.35. The molecule has 0 unspecified atom stereocenters. The number of nitrogens with one attached hydrogen (secondary N) is 1. The zero-order valence-corrected chi connectivity index (χ0v) is 17.6. The van der Waals surface area contributed by atoms with Crippen molar-refractivity contribution in [1.82, 2.24) is 4.90 Å². The van der Waals surface area contributed by atoms with Gasteiger partial charge in [0.2, 0.25) is 0 Å². The van der Waals surface area contributed by atoms with Crippen molar-refractivity contribution in [1.29, 1.82) is 0 Å². The molecule has 1 amide bonds. The SMILES string of the molecule is CCN(CC)C(=O)c1ccc2c(c1)[C@H]1C=CC[C@@H]1[C@@H](c1ccc(Cl)cc1Cl)N2. The van der Waals surface area contributed by atoms with Gasteiger partial charge in [-0.1, -0.05) is 41.4 Å². The summed E-state index contributed by atoms with van der Waals surface area (Å²) in [6.07, 6.45) is 5.49. The van der Waals surface area contributed by atoms with Gasteiger partial charge in [0.25, 0.3) is 5.91 Å². The van der Waals surface area contributed by atoms with Crippen LogP contribution >= 0.6 is 23.2 Å². The molecule has 0 spiro atoms. The zero-order chi connectivity index (χ0) is 19.8. The summed E-state index contributed by atoms with van der Waals surface area (Å²) in [5.41, 5.74) is 4.09. The molecule has 2 aromatic rings. The number of benzene rings is 2. The second-order valence-electron chi connectivity index (χ2n) is 7.42. The van der Waals surface area contributed by atoms with Crippen molar-refractivity contribution in [2.75, 3.05) is 18.4 Å². The maximum Gasteiger partial charge on any atom is 0.253 e. The number of amides is 1. The predicted octanol–water partition coefficient (Wildman–Crippen LogP) is 6.30. The van der Waals surface area contributed by atoms with E-state index in [0.717, 1.165) is 23.2 Å². The number of rotatable bonds is 4. The summed E-state index contributed by atoms with van der Waals surface area (Å²) in [6, 6.07) is 11.8. The molecule has 1 aliphatic heterocycles. The largest absolute Gasteiger partial charge is 0.378 e. The van der Waals surface area contributed by atoms with Gasteiger partial charge in [0.15, 0.2) is 0 Å². The fraction of sp³-hybridized carbons (Fsp3) is 0.348. The lowest BCUT2D eigenvalue weighted by Crippen LogP contribution is -2.32.